The minimum absolute atomic E-state index is 0.502. The topological polar surface area (TPSA) is 26.3 Å². The summed E-state index contributed by atoms with van der Waals surface area (Å²) in [5, 5.41) is 0.640. The summed E-state index contributed by atoms with van der Waals surface area (Å²) in [5.41, 5.74) is 2.24. The lowest BCUT2D eigenvalue weighted by Gasteiger charge is -2.13. The number of carbonyl (C=O) groups is 1. The van der Waals surface area contributed by atoms with Gasteiger partial charge in [0.25, 0.3) is 0 Å². The molecule has 0 aliphatic rings. The molecule has 0 fully saturated rings. The molecule has 2 aromatic rings. The first-order valence-corrected chi connectivity index (χ1v) is 6.11. The lowest BCUT2D eigenvalue weighted by Crippen LogP contribution is -1.98. The van der Waals surface area contributed by atoms with Crippen molar-refractivity contribution in [1.29, 1.82) is 0 Å². The smallest absolute Gasteiger partial charge is 0.153 e. The van der Waals surface area contributed by atoms with Crippen LogP contribution in [0.5, 0.6) is 5.75 Å². The molecule has 3 heteroatoms. The predicted molar refractivity (Wildman–Crippen MR) is 73.4 cm³/mol. The van der Waals surface area contributed by atoms with Gasteiger partial charge in [0.15, 0.2) is 6.29 Å². The Hall–Kier alpha value is -1.80. The van der Waals surface area contributed by atoms with Crippen LogP contribution in [0.4, 0.5) is 0 Å². The Labute approximate surface area is 111 Å². The lowest BCUT2D eigenvalue weighted by molar-refractivity contribution is 0.112. The van der Waals surface area contributed by atoms with E-state index in [0.717, 1.165) is 17.4 Å². The summed E-state index contributed by atoms with van der Waals surface area (Å²) >= 11 is 6.18. The molecular formula is C15H13ClO2. The van der Waals surface area contributed by atoms with Crippen LogP contribution in [-0.2, 0) is 0 Å². The van der Waals surface area contributed by atoms with Gasteiger partial charge in [0, 0.05) is 16.1 Å². The minimum Gasteiger partial charge on any atom is -0.492 e. The number of halogens is 1. The van der Waals surface area contributed by atoms with Gasteiger partial charge in [-0.15, -0.1) is 0 Å². The Balaban J connectivity index is 2.63. The van der Waals surface area contributed by atoms with Crippen molar-refractivity contribution in [2.75, 3.05) is 6.61 Å². The predicted octanol–water partition coefficient (Wildman–Crippen LogP) is 4.22. The van der Waals surface area contributed by atoms with Crippen LogP contribution in [0.3, 0.4) is 0 Å². The summed E-state index contributed by atoms with van der Waals surface area (Å²) < 4.78 is 5.58. The molecule has 0 bridgehead atoms. The Bertz CT molecular complexity index is 564. The van der Waals surface area contributed by atoms with Crippen LogP contribution in [0.2, 0.25) is 5.02 Å². The molecule has 0 amide bonds. The van der Waals surface area contributed by atoms with E-state index in [1.54, 1.807) is 6.07 Å². The van der Waals surface area contributed by atoms with Crippen LogP contribution in [0.15, 0.2) is 42.5 Å². The van der Waals surface area contributed by atoms with Crippen LogP contribution >= 0.6 is 11.6 Å². The van der Waals surface area contributed by atoms with E-state index in [1.165, 1.54) is 0 Å². The Morgan fingerprint density at radius 1 is 1.11 bits per heavy atom. The van der Waals surface area contributed by atoms with Gasteiger partial charge in [0.1, 0.15) is 5.75 Å². The highest BCUT2D eigenvalue weighted by Gasteiger charge is 2.12. The van der Waals surface area contributed by atoms with Gasteiger partial charge in [-0.25, -0.2) is 0 Å². The van der Waals surface area contributed by atoms with Crippen molar-refractivity contribution < 1.29 is 9.53 Å². The molecule has 2 aromatic carbocycles. The molecule has 0 unspecified atom stereocenters. The highest BCUT2D eigenvalue weighted by Crippen LogP contribution is 2.36. The fourth-order valence-electron chi connectivity index (χ4n) is 1.84. The van der Waals surface area contributed by atoms with Gasteiger partial charge in [-0.2, -0.15) is 0 Å². The van der Waals surface area contributed by atoms with Gasteiger partial charge in [-0.1, -0.05) is 41.9 Å². The fraction of sp³-hybridized carbons (Fsp3) is 0.133. The molecule has 92 valence electrons. The van der Waals surface area contributed by atoms with E-state index in [0.29, 0.717) is 22.9 Å². The van der Waals surface area contributed by atoms with Crippen molar-refractivity contribution >= 4 is 17.9 Å². The summed E-state index contributed by atoms with van der Waals surface area (Å²) in [6.45, 7) is 2.39. The van der Waals surface area contributed by atoms with Crippen LogP contribution in [0.25, 0.3) is 11.1 Å². The van der Waals surface area contributed by atoms with E-state index >= 15 is 0 Å². The van der Waals surface area contributed by atoms with Gasteiger partial charge in [-0.3, -0.25) is 4.79 Å². The Morgan fingerprint density at radius 3 is 2.50 bits per heavy atom. The SMILES string of the molecule is CCOc1c(C=O)cccc1-c1ccccc1Cl. The van der Waals surface area contributed by atoms with E-state index in [1.807, 2.05) is 43.3 Å². The van der Waals surface area contributed by atoms with Gasteiger partial charge >= 0.3 is 0 Å². The van der Waals surface area contributed by atoms with Crippen molar-refractivity contribution in [3.63, 3.8) is 0 Å². The first-order chi connectivity index (χ1) is 8.77. The first-order valence-electron chi connectivity index (χ1n) is 5.73. The zero-order valence-corrected chi connectivity index (χ0v) is 10.8. The number of carbonyl (C=O) groups excluding carboxylic acids is 1. The molecule has 0 heterocycles. The third kappa shape index (κ3) is 2.39. The summed E-state index contributed by atoms with van der Waals surface area (Å²) in [4.78, 5) is 11.1. The molecule has 2 rings (SSSR count). The second-order valence-corrected chi connectivity index (χ2v) is 4.16. The van der Waals surface area contributed by atoms with Crippen LogP contribution in [0, 0.1) is 0 Å². The summed E-state index contributed by atoms with van der Waals surface area (Å²) in [6.07, 6.45) is 0.797. The number of rotatable bonds is 4. The largest absolute Gasteiger partial charge is 0.492 e. The van der Waals surface area contributed by atoms with Crippen molar-refractivity contribution in [2.24, 2.45) is 0 Å². The number of hydrogen-bond donors (Lipinski definition) is 0. The van der Waals surface area contributed by atoms with Crippen molar-refractivity contribution in [2.45, 2.75) is 6.92 Å². The lowest BCUT2D eigenvalue weighted by atomic mass is 10.0. The van der Waals surface area contributed by atoms with Gasteiger partial charge < -0.3 is 4.74 Å². The Kier molecular flexibility index (Phi) is 4.00. The van der Waals surface area contributed by atoms with Crippen molar-refractivity contribution in [3.05, 3.63) is 53.1 Å². The number of ether oxygens (including phenoxy) is 1. The van der Waals surface area contributed by atoms with E-state index < -0.39 is 0 Å². The fourth-order valence-corrected chi connectivity index (χ4v) is 2.08. The van der Waals surface area contributed by atoms with E-state index in [4.69, 9.17) is 16.3 Å². The van der Waals surface area contributed by atoms with Gasteiger partial charge in [0.05, 0.1) is 12.2 Å². The monoisotopic (exact) mass is 260 g/mol. The van der Waals surface area contributed by atoms with E-state index in [9.17, 15) is 4.79 Å². The van der Waals surface area contributed by atoms with Crippen molar-refractivity contribution in [1.82, 2.24) is 0 Å². The van der Waals surface area contributed by atoms with Crippen molar-refractivity contribution in [3.8, 4) is 16.9 Å². The molecular weight excluding hydrogens is 248 g/mol. The standard InChI is InChI=1S/C15H13ClO2/c1-2-18-15-11(10-17)6-5-8-13(15)12-7-3-4-9-14(12)16/h3-10H,2H2,1H3. The molecule has 0 atom stereocenters. The molecule has 18 heavy (non-hydrogen) atoms. The van der Waals surface area contributed by atoms with Gasteiger partial charge in [-0.05, 0) is 19.1 Å². The highest BCUT2D eigenvalue weighted by atomic mass is 35.5. The molecule has 2 nitrogen and oxygen atoms in total. The molecule has 0 radical (unpaired) electrons. The zero-order chi connectivity index (χ0) is 13.0. The number of hydrogen-bond acceptors (Lipinski definition) is 2. The maximum Gasteiger partial charge on any atom is 0.153 e. The summed E-state index contributed by atoms with van der Waals surface area (Å²) in [7, 11) is 0. The van der Waals surface area contributed by atoms with E-state index in [2.05, 4.69) is 0 Å². The second kappa shape index (κ2) is 5.69. The van der Waals surface area contributed by atoms with Crippen LogP contribution < -0.4 is 4.74 Å². The second-order valence-electron chi connectivity index (χ2n) is 3.75. The molecule has 0 aliphatic carbocycles. The Morgan fingerprint density at radius 2 is 1.83 bits per heavy atom. The maximum atomic E-state index is 11.1. The number of para-hydroxylation sites is 1. The number of aldehydes is 1. The van der Waals surface area contributed by atoms with Gasteiger partial charge in [0.2, 0.25) is 0 Å². The van der Waals surface area contributed by atoms with Crippen LogP contribution in [0.1, 0.15) is 17.3 Å². The normalized spacial score (nSPS) is 10.1. The molecule has 0 spiro atoms. The zero-order valence-electron chi connectivity index (χ0n) is 10.0. The van der Waals surface area contributed by atoms with Crippen LogP contribution in [-0.4, -0.2) is 12.9 Å². The maximum absolute atomic E-state index is 11.1. The molecule has 0 saturated heterocycles. The molecule has 0 aliphatic heterocycles. The third-order valence-corrected chi connectivity index (χ3v) is 2.95. The molecule has 0 aromatic heterocycles. The summed E-state index contributed by atoms with van der Waals surface area (Å²) in [5.74, 6) is 0.586. The van der Waals surface area contributed by atoms with E-state index in [-0.39, 0.29) is 0 Å². The molecule has 0 saturated carbocycles. The highest BCUT2D eigenvalue weighted by molar-refractivity contribution is 6.33. The third-order valence-electron chi connectivity index (χ3n) is 2.63. The quantitative estimate of drug-likeness (QED) is 0.770. The average Bonchev–Trinajstić information content (AvgIpc) is 2.40. The summed E-state index contributed by atoms with van der Waals surface area (Å²) in [6, 6.07) is 13.0. The number of benzene rings is 2. The first kappa shape index (κ1) is 12.7. The average molecular weight is 261 g/mol. The minimum atomic E-state index is 0.502. The molecule has 0 N–H and O–H groups in total.